The van der Waals surface area contributed by atoms with Gasteiger partial charge in [0, 0.05) is 16.5 Å². The van der Waals surface area contributed by atoms with Gasteiger partial charge < -0.3 is 19.8 Å². The summed E-state index contributed by atoms with van der Waals surface area (Å²) in [6.45, 7) is 5.65. The third-order valence-corrected chi connectivity index (χ3v) is 5.31. The number of carbonyl (C=O) groups excluding carboxylic acids is 2. The lowest BCUT2D eigenvalue weighted by molar-refractivity contribution is -0.139. The van der Waals surface area contributed by atoms with Crippen LogP contribution < -0.4 is 10.6 Å². The molecule has 1 unspecified atom stereocenters. The maximum absolute atomic E-state index is 12.7. The second kappa shape index (κ2) is 8.70. The summed E-state index contributed by atoms with van der Waals surface area (Å²) in [7, 11) is 0. The van der Waals surface area contributed by atoms with E-state index in [1.807, 2.05) is 13.8 Å². The zero-order chi connectivity index (χ0) is 20.3. The van der Waals surface area contributed by atoms with Crippen LogP contribution in [0.5, 0.6) is 0 Å². The third kappa shape index (κ3) is 4.51. The maximum atomic E-state index is 12.7. The SMILES string of the molecule is CCOC(=O)C1=C(CSc2nc(C)c(C)o2)NC(=O)NC1c1ccc(Cl)cc1. The molecule has 0 spiro atoms. The fraction of sp³-hybridized carbons (Fsp3) is 0.316. The van der Waals surface area contributed by atoms with Crippen LogP contribution >= 0.6 is 23.4 Å². The van der Waals surface area contributed by atoms with E-state index in [1.165, 1.54) is 11.8 Å². The summed E-state index contributed by atoms with van der Waals surface area (Å²) in [5.74, 6) is 0.534. The predicted octanol–water partition coefficient (Wildman–Crippen LogP) is 3.91. The van der Waals surface area contributed by atoms with Crippen molar-refractivity contribution in [1.82, 2.24) is 15.6 Å². The van der Waals surface area contributed by atoms with Crippen molar-refractivity contribution < 1.29 is 18.7 Å². The van der Waals surface area contributed by atoms with Crippen molar-refractivity contribution in [2.45, 2.75) is 32.0 Å². The van der Waals surface area contributed by atoms with Crippen LogP contribution in [0.1, 0.15) is 30.0 Å². The Hall–Kier alpha value is -2.45. The van der Waals surface area contributed by atoms with Gasteiger partial charge in [0.25, 0.3) is 5.22 Å². The average Bonchev–Trinajstić information content (AvgIpc) is 2.98. The molecule has 1 aliphatic rings. The second-order valence-electron chi connectivity index (χ2n) is 6.11. The van der Waals surface area contributed by atoms with E-state index in [0.717, 1.165) is 17.0 Å². The number of carbonyl (C=O) groups is 2. The van der Waals surface area contributed by atoms with Gasteiger partial charge in [0.2, 0.25) is 0 Å². The van der Waals surface area contributed by atoms with Crippen molar-refractivity contribution >= 4 is 35.4 Å². The highest BCUT2D eigenvalue weighted by molar-refractivity contribution is 7.99. The zero-order valence-electron chi connectivity index (χ0n) is 15.7. The molecule has 0 bridgehead atoms. The zero-order valence-corrected chi connectivity index (χ0v) is 17.2. The number of aryl methyl sites for hydroxylation is 2. The molecule has 148 valence electrons. The molecule has 2 N–H and O–H groups in total. The van der Waals surface area contributed by atoms with Gasteiger partial charge in [-0.15, -0.1) is 0 Å². The average molecular weight is 422 g/mol. The number of amides is 2. The minimum atomic E-state index is -0.645. The number of thioether (sulfide) groups is 1. The van der Waals surface area contributed by atoms with Crippen molar-refractivity contribution in [1.29, 1.82) is 0 Å². The summed E-state index contributed by atoms with van der Waals surface area (Å²) >= 11 is 7.26. The summed E-state index contributed by atoms with van der Waals surface area (Å²) in [6.07, 6.45) is 0. The van der Waals surface area contributed by atoms with Gasteiger partial charge in [-0.1, -0.05) is 35.5 Å². The normalized spacial score (nSPS) is 16.6. The molecule has 1 atom stereocenters. The number of urea groups is 1. The van der Waals surface area contributed by atoms with E-state index in [1.54, 1.807) is 31.2 Å². The number of oxazole rings is 1. The molecule has 7 nitrogen and oxygen atoms in total. The molecule has 0 radical (unpaired) electrons. The van der Waals surface area contributed by atoms with Crippen molar-refractivity contribution in [3.8, 4) is 0 Å². The Morgan fingerprint density at radius 1 is 1.32 bits per heavy atom. The molecule has 0 saturated carbocycles. The van der Waals surface area contributed by atoms with Crippen LogP contribution in [0.2, 0.25) is 5.02 Å². The number of halogens is 1. The molecule has 1 aromatic heterocycles. The van der Waals surface area contributed by atoms with E-state index in [0.29, 0.717) is 27.3 Å². The first-order chi connectivity index (χ1) is 13.4. The highest BCUT2D eigenvalue weighted by Gasteiger charge is 2.33. The van der Waals surface area contributed by atoms with Crippen molar-refractivity contribution in [3.63, 3.8) is 0 Å². The van der Waals surface area contributed by atoms with Crippen LogP contribution in [0.3, 0.4) is 0 Å². The number of esters is 1. The van der Waals surface area contributed by atoms with E-state index in [2.05, 4.69) is 15.6 Å². The quantitative estimate of drug-likeness (QED) is 0.542. The van der Waals surface area contributed by atoms with Crippen LogP contribution in [0.25, 0.3) is 0 Å². The Balaban J connectivity index is 1.96. The van der Waals surface area contributed by atoms with E-state index < -0.39 is 18.0 Å². The Kier molecular flexibility index (Phi) is 6.31. The van der Waals surface area contributed by atoms with E-state index in [4.69, 9.17) is 20.8 Å². The van der Waals surface area contributed by atoms with Gasteiger partial charge in [0.05, 0.1) is 23.9 Å². The number of hydrogen-bond acceptors (Lipinski definition) is 6. The number of aromatic nitrogens is 1. The number of rotatable bonds is 6. The lowest BCUT2D eigenvalue weighted by Gasteiger charge is -2.29. The van der Waals surface area contributed by atoms with Crippen LogP contribution in [0, 0.1) is 13.8 Å². The molecule has 28 heavy (non-hydrogen) atoms. The van der Waals surface area contributed by atoms with E-state index in [-0.39, 0.29) is 6.61 Å². The number of nitrogens with one attached hydrogen (secondary N) is 2. The monoisotopic (exact) mass is 421 g/mol. The molecule has 9 heteroatoms. The summed E-state index contributed by atoms with van der Waals surface area (Å²) in [5, 5.41) is 6.54. The smallest absolute Gasteiger partial charge is 0.338 e. The van der Waals surface area contributed by atoms with Gasteiger partial charge in [-0.3, -0.25) is 0 Å². The number of ether oxygens (including phenoxy) is 1. The molecule has 3 rings (SSSR count). The minimum Gasteiger partial charge on any atom is -0.463 e. The van der Waals surface area contributed by atoms with Gasteiger partial charge in [0.15, 0.2) is 0 Å². The molecule has 0 saturated heterocycles. The first-order valence-electron chi connectivity index (χ1n) is 8.69. The number of benzene rings is 1. The van der Waals surface area contributed by atoms with E-state index in [9.17, 15) is 9.59 Å². The second-order valence-corrected chi connectivity index (χ2v) is 7.47. The topological polar surface area (TPSA) is 93.5 Å². The largest absolute Gasteiger partial charge is 0.463 e. The lowest BCUT2D eigenvalue weighted by atomic mass is 9.95. The summed E-state index contributed by atoms with van der Waals surface area (Å²) < 4.78 is 10.8. The van der Waals surface area contributed by atoms with Gasteiger partial charge >= 0.3 is 12.0 Å². The van der Waals surface area contributed by atoms with Crippen LogP contribution in [0.15, 0.2) is 45.2 Å². The summed E-state index contributed by atoms with van der Waals surface area (Å²) in [5.41, 5.74) is 2.33. The minimum absolute atomic E-state index is 0.224. The molecule has 0 fully saturated rings. The summed E-state index contributed by atoms with van der Waals surface area (Å²) in [6, 6.07) is 5.91. The Morgan fingerprint density at radius 2 is 2.04 bits per heavy atom. The fourth-order valence-corrected chi connectivity index (χ4v) is 3.73. The van der Waals surface area contributed by atoms with Gasteiger partial charge in [0.1, 0.15) is 5.76 Å². The third-order valence-electron chi connectivity index (χ3n) is 4.20. The lowest BCUT2D eigenvalue weighted by Crippen LogP contribution is -2.46. The molecule has 1 aromatic carbocycles. The molecule has 1 aliphatic heterocycles. The van der Waals surface area contributed by atoms with Crippen LogP contribution in [-0.4, -0.2) is 29.3 Å². The summed E-state index contributed by atoms with van der Waals surface area (Å²) in [4.78, 5) is 29.2. The predicted molar refractivity (Wildman–Crippen MR) is 106 cm³/mol. The molecular weight excluding hydrogens is 402 g/mol. The fourth-order valence-electron chi connectivity index (χ4n) is 2.73. The molecule has 2 heterocycles. The molecule has 0 aliphatic carbocycles. The van der Waals surface area contributed by atoms with Gasteiger partial charge in [-0.05, 0) is 38.5 Å². The van der Waals surface area contributed by atoms with Crippen molar-refractivity contribution in [2.75, 3.05) is 12.4 Å². The van der Waals surface area contributed by atoms with E-state index >= 15 is 0 Å². The van der Waals surface area contributed by atoms with Gasteiger partial charge in [-0.2, -0.15) is 0 Å². The standard InChI is InChI=1S/C19H20ClN3O4S/c1-4-26-17(24)15-14(9-28-19-21-10(2)11(3)27-19)22-18(25)23-16(15)12-5-7-13(20)8-6-12/h5-8,16H,4,9H2,1-3H3,(H2,22,23,25). The molecular formula is C19H20ClN3O4S. The van der Waals surface area contributed by atoms with Crippen LogP contribution in [0.4, 0.5) is 4.79 Å². The Bertz CT molecular complexity index is 904. The van der Waals surface area contributed by atoms with Crippen LogP contribution in [-0.2, 0) is 9.53 Å². The Morgan fingerprint density at radius 3 is 2.64 bits per heavy atom. The van der Waals surface area contributed by atoms with Crippen molar-refractivity contribution in [2.24, 2.45) is 0 Å². The first kappa shape index (κ1) is 20.3. The highest BCUT2D eigenvalue weighted by atomic mass is 35.5. The number of nitrogens with zero attached hydrogens (tertiary/aromatic N) is 1. The Labute approximate surface area is 171 Å². The first-order valence-corrected chi connectivity index (χ1v) is 10.0. The molecule has 2 amide bonds. The van der Waals surface area contributed by atoms with Gasteiger partial charge in [-0.25, -0.2) is 14.6 Å². The molecule has 2 aromatic rings. The highest BCUT2D eigenvalue weighted by Crippen LogP contribution is 2.31. The maximum Gasteiger partial charge on any atom is 0.338 e. The van der Waals surface area contributed by atoms with Crippen molar-refractivity contribution in [3.05, 3.63) is 57.6 Å². The number of hydrogen-bond donors (Lipinski definition) is 2.